The minimum absolute atomic E-state index is 0.265. The number of nitrogens with one attached hydrogen (secondary N) is 2. The first-order valence-electron chi connectivity index (χ1n) is 7.31. The minimum atomic E-state index is -0.398. The number of nitriles is 1. The highest BCUT2D eigenvalue weighted by Crippen LogP contribution is 2.33. The predicted molar refractivity (Wildman–Crippen MR) is 92.6 cm³/mol. The third-order valence-electron chi connectivity index (χ3n) is 3.87. The van der Waals surface area contributed by atoms with E-state index in [0.717, 1.165) is 10.9 Å². The van der Waals surface area contributed by atoms with Crippen LogP contribution in [0.2, 0.25) is 0 Å². The molecular formula is C17H11FN4OS. The van der Waals surface area contributed by atoms with Gasteiger partial charge in [0.1, 0.15) is 5.82 Å². The lowest BCUT2D eigenvalue weighted by Crippen LogP contribution is -2.05. The molecule has 0 unspecified atom stereocenters. The molecule has 4 rings (SSSR count). The fourth-order valence-electron chi connectivity index (χ4n) is 2.89. The number of aromatic nitrogens is 3. The first kappa shape index (κ1) is 14.7. The second-order valence-corrected chi connectivity index (χ2v) is 6.39. The van der Waals surface area contributed by atoms with Crippen LogP contribution in [0.15, 0.2) is 40.4 Å². The molecule has 7 heteroatoms. The molecule has 0 atom stereocenters. The number of hydrogen-bond acceptors (Lipinski definition) is 4. The Hall–Kier alpha value is -2.85. The van der Waals surface area contributed by atoms with E-state index in [1.165, 1.54) is 23.9 Å². The normalized spacial score (nSPS) is 11.3. The number of H-pyrrole nitrogens is 2. The molecule has 0 spiro atoms. The van der Waals surface area contributed by atoms with Crippen LogP contribution < -0.4 is 5.56 Å². The molecule has 0 saturated heterocycles. The molecule has 0 bridgehead atoms. The Kier molecular flexibility index (Phi) is 3.47. The van der Waals surface area contributed by atoms with Gasteiger partial charge in [0.05, 0.1) is 22.5 Å². The van der Waals surface area contributed by atoms with Crippen molar-refractivity contribution in [3.8, 4) is 6.07 Å². The van der Waals surface area contributed by atoms with Crippen molar-refractivity contribution in [3.63, 3.8) is 0 Å². The summed E-state index contributed by atoms with van der Waals surface area (Å²) >= 11 is 1.45. The molecule has 0 radical (unpaired) electrons. The van der Waals surface area contributed by atoms with Gasteiger partial charge in [-0.25, -0.2) is 9.37 Å². The quantitative estimate of drug-likeness (QED) is 0.339. The molecule has 0 aliphatic carbocycles. The van der Waals surface area contributed by atoms with E-state index in [9.17, 15) is 9.18 Å². The zero-order valence-electron chi connectivity index (χ0n) is 12.4. The Bertz CT molecular complexity index is 1190. The number of fused-ring (bicyclic) bond motifs is 6. The molecule has 0 aliphatic heterocycles. The van der Waals surface area contributed by atoms with Gasteiger partial charge in [-0.15, -0.1) is 0 Å². The van der Waals surface area contributed by atoms with Crippen LogP contribution in [0.3, 0.4) is 0 Å². The number of pyridine rings is 1. The Morgan fingerprint density at radius 1 is 1.25 bits per heavy atom. The van der Waals surface area contributed by atoms with Gasteiger partial charge in [-0.3, -0.25) is 4.79 Å². The molecule has 0 amide bonds. The number of rotatable bonds is 3. The van der Waals surface area contributed by atoms with Crippen LogP contribution >= 0.6 is 11.8 Å². The maximum absolute atomic E-state index is 13.7. The van der Waals surface area contributed by atoms with Crippen molar-refractivity contribution in [2.45, 2.75) is 11.6 Å². The largest absolute Gasteiger partial charge is 0.332 e. The number of benzene rings is 2. The van der Waals surface area contributed by atoms with E-state index in [0.29, 0.717) is 39.0 Å². The topological polar surface area (TPSA) is 85.3 Å². The van der Waals surface area contributed by atoms with Crippen molar-refractivity contribution in [3.05, 3.63) is 46.6 Å². The highest BCUT2D eigenvalue weighted by Gasteiger charge is 2.15. The molecule has 0 aliphatic rings. The summed E-state index contributed by atoms with van der Waals surface area (Å²) in [6, 6.07) is 8.25. The van der Waals surface area contributed by atoms with Gasteiger partial charge in [0.25, 0.3) is 5.56 Å². The monoisotopic (exact) mass is 338 g/mol. The van der Waals surface area contributed by atoms with Gasteiger partial charge in [0, 0.05) is 34.5 Å². The summed E-state index contributed by atoms with van der Waals surface area (Å²) in [4.78, 5) is 22.8. The van der Waals surface area contributed by atoms with Crippen LogP contribution in [0.25, 0.3) is 32.6 Å². The summed E-state index contributed by atoms with van der Waals surface area (Å²) in [5, 5.41) is 11.7. The highest BCUT2D eigenvalue weighted by molar-refractivity contribution is 7.99. The minimum Gasteiger partial charge on any atom is -0.332 e. The fraction of sp³-hybridized carbons (Fsp3) is 0.118. The second kappa shape index (κ2) is 5.65. The van der Waals surface area contributed by atoms with E-state index in [2.05, 4.69) is 21.0 Å². The summed E-state index contributed by atoms with van der Waals surface area (Å²) in [6.07, 6.45) is 1.99. The smallest absolute Gasteiger partial charge is 0.256 e. The lowest BCUT2D eigenvalue weighted by Gasteiger charge is -2.05. The van der Waals surface area contributed by atoms with Gasteiger partial charge in [-0.2, -0.15) is 5.26 Å². The molecule has 0 fully saturated rings. The third kappa shape index (κ3) is 2.23. The van der Waals surface area contributed by atoms with Gasteiger partial charge < -0.3 is 9.97 Å². The molecule has 2 aromatic carbocycles. The average molecular weight is 338 g/mol. The van der Waals surface area contributed by atoms with Crippen LogP contribution in [0.5, 0.6) is 0 Å². The van der Waals surface area contributed by atoms with E-state index >= 15 is 0 Å². The van der Waals surface area contributed by atoms with Crippen molar-refractivity contribution in [2.24, 2.45) is 0 Å². The molecule has 2 heterocycles. The van der Waals surface area contributed by atoms with E-state index in [-0.39, 0.29) is 5.56 Å². The van der Waals surface area contributed by atoms with Gasteiger partial charge in [0.2, 0.25) is 0 Å². The molecule has 5 nitrogen and oxygen atoms in total. The van der Waals surface area contributed by atoms with Crippen molar-refractivity contribution in [2.75, 3.05) is 5.75 Å². The predicted octanol–water partition coefficient (Wildman–Crippen LogP) is 3.70. The number of hydrogen-bond donors (Lipinski definition) is 2. The van der Waals surface area contributed by atoms with Crippen LogP contribution in [-0.4, -0.2) is 20.7 Å². The SMILES string of the molecule is N#CCCSc1nc2c3ccc(F)cc3c3c(=O)[nH]ccc3c2[nH]1. The van der Waals surface area contributed by atoms with Crippen molar-refractivity contribution < 1.29 is 4.39 Å². The first-order valence-corrected chi connectivity index (χ1v) is 8.29. The lowest BCUT2D eigenvalue weighted by molar-refractivity contribution is 0.630. The van der Waals surface area contributed by atoms with E-state index in [4.69, 9.17) is 5.26 Å². The Balaban J connectivity index is 2.10. The van der Waals surface area contributed by atoms with Crippen molar-refractivity contribution >= 4 is 44.3 Å². The van der Waals surface area contributed by atoms with E-state index < -0.39 is 5.82 Å². The van der Waals surface area contributed by atoms with Gasteiger partial charge in [-0.05, 0) is 24.3 Å². The van der Waals surface area contributed by atoms with E-state index in [1.54, 1.807) is 18.3 Å². The van der Waals surface area contributed by atoms with E-state index in [1.807, 2.05) is 0 Å². The van der Waals surface area contributed by atoms with Crippen molar-refractivity contribution in [1.82, 2.24) is 15.0 Å². The summed E-state index contributed by atoms with van der Waals surface area (Å²) in [5.41, 5.74) is 1.18. The maximum Gasteiger partial charge on any atom is 0.256 e. The summed E-state index contributed by atoms with van der Waals surface area (Å²) in [6.45, 7) is 0. The first-order chi connectivity index (χ1) is 11.7. The Morgan fingerprint density at radius 2 is 2.12 bits per heavy atom. The van der Waals surface area contributed by atoms with Crippen LogP contribution in [-0.2, 0) is 0 Å². The number of aromatic amines is 2. The maximum atomic E-state index is 13.7. The standard InChI is InChI=1S/C17H11FN4OS/c18-9-2-3-10-12(8-9)13-11(4-6-20-16(13)23)15-14(10)21-17(22-15)24-7-1-5-19/h2-4,6,8H,1,7H2,(H,20,23)(H,21,22). The van der Waals surface area contributed by atoms with Gasteiger partial charge >= 0.3 is 0 Å². The summed E-state index contributed by atoms with van der Waals surface area (Å²) in [5.74, 6) is 0.229. The van der Waals surface area contributed by atoms with Crippen LogP contribution in [0.1, 0.15) is 6.42 Å². The molecule has 2 aromatic heterocycles. The Morgan fingerprint density at radius 3 is 2.96 bits per heavy atom. The summed E-state index contributed by atoms with van der Waals surface area (Å²) in [7, 11) is 0. The fourth-order valence-corrected chi connectivity index (χ4v) is 3.60. The van der Waals surface area contributed by atoms with Crippen LogP contribution in [0, 0.1) is 17.1 Å². The Labute approximate surface area is 139 Å². The average Bonchev–Trinajstić information content (AvgIpc) is 2.99. The zero-order valence-corrected chi connectivity index (χ0v) is 13.2. The van der Waals surface area contributed by atoms with Crippen molar-refractivity contribution in [1.29, 1.82) is 5.26 Å². The molecule has 118 valence electrons. The second-order valence-electron chi connectivity index (χ2n) is 5.31. The molecular weight excluding hydrogens is 327 g/mol. The lowest BCUT2D eigenvalue weighted by atomic mass is 10.0. The van der Waals surface area contributed by atoms with Gasteiger partial charge in [0.15, 0.2) is 5.16 Å². The third-order valence-corrected chi connectivity index (χ3v) is 4.75. The molecule has 0 saturated carbocycles. The molecule has 24 heavy (non-hydrogen) atoms. The number of imidazole rings is 1. The van der Waals surface area contributed by atoms with Crippen LogP contribution in [0.4, 0.5) is 4.39 Å². The number of nitrogens with zero attached hydrogens (tertiary/aromatic N) is 2. The van der Waals surface area contributed by atoms with Gasteiger partial charge in [-0.1, -0.05) is 11.8 Å². The summed E-state index contributed by atoms with van der Waals surface area (Å²) < 4.78 is 13.7. The molecule has 4 aromatic rings. The molecule has 2 N–H and O–H groups in total. The highest BCUT2D eigenvalue weighted by atomic mass is 32.2. The number of halogens is 1. The number of thioether (sulfide) groups is 1. The zero-order chi connectivity index (χ0) is 16.7.